The van der Waals surface area contributed by atoms with Crippen LogP contribution in [0.25, 0.3) is 0 Å². The number of aromatic hydroxyl groups is 1. The molecule has 0 saturated carbocycles. The molecule has 1 amide bonds. The number of hydrogen-bond acceptors (Lipinski definition) is 4. The largest absolute Gasteiger partial charge is 0.502 e. The summed E-state index contributed by atoms with van der Waals surface area (Å²) in [6, 6.07) is 6.03. The topological polar surface area (TPSA) is 83.7 Å². The van der Waals surface area contributed by atoms with Crippen molar-refractivity contribution in [1.82, 2.24) is 0 Å². The van der Waals surface area contributed by atoms with E-state index in [-0.39, 0.29) is 11.3 Å². The van der Waals surface area contributed by atoms with Gasteiger partial charge in [-0.1, -0.05) is 0 Å². The molecule has 0 unspecified atom stereocenters. The van der Waals surface area contributed by atoms with E-state index in [2.05, 4.69) is 0 Å². The van der Waals surface area contributed by atoms with Crippen molar-refractivity contribution in [2.75, 3.05) is 11.9 Å². The first kappa shape index (κ1) is 15.4. The van der Waals surface area contributed by atoms with Gasteiger partial charge in [0.15, 0.2) is 17.4 Å². The summed E-state index contributed by atoms with van der Waals surface area (Å²) < 4.78 is 26.1. The molecule has 0 aliphatic carbocycles. The molecule has 0 spiro atoms. The summed E-state index contributed by atoms with van der Waals surface area (Å²) in [5, 5.41) is 20.1. The van der Waals surface area contributed by atoms with Gasteiger partial charge in [-0.15, -0.1) is 0 Å². The van der Waals surface area contributed by atoms with Crippen LogP contribution < -0.4 is 4.90 Å². The van der Waals surface area contributed by atoms with Crippen molar-refractivity contribution in [2.24, 2.45) is 0 Å². The lowest BCUT2D eigenvalue weighted by Crippen LogP contribution is -2.26. The molecule has 2 aromatic carbocycles. The predicted octanol–water partition coefficient (Wildman–Crippen LogP) is 2.86. The lowest BCUT2D eigenvalue weighted by molar-refractivity contribution is -0.385. The number of nitrogens with zero attached hydrogens (tertiary/aromatic N) is 2. The van der Waals surface area contributed by atoms with Gasteiger partial charge in [-0.25, -0.2) is 8.78 Å². The van der Waals surface area contributed by atoms with Gasteiger partial charge in [-0.05, 0) is 24.3 Å². The fraction of sp³-hybridized carbons (Fsp3) is 0.0714. The zero-order valence-corrected chi connectivity index (χ0v) is 11.3. The standard InChI is InChI=1S/C14H10F2N2O4/c1-17(9-3-4-10(15)11(16)7-9)14(20)8-2-5-13(19)12(6-8)18(21)22/h2-7,19H,1H3. The Morgan fingerprint density at radius 1 is 1.18 bits per heavy atom. The molecular formula is C14H10F2N2O4. The summed E-state index contributed by atoms with van der Waals surface area (Å²) in [7, 11) is 1.31. The van der Waals surface area contributed by atoms with Gasteiger partial charge in [0.05, 0.1) is 4.92 Å². The molecule has 22 heavy (non-hydrogen) atoms. The number of nitro benzene ring substituents is 1. The van der Waals surface area contributed by atoms with Crippen LogP contribution in [0.3, 0.4) is 0 Å². The van der Waals surface area contributed by atoms with Crippen molar-refractivity contribution in [1.29, 1.82) is 0 Å². The zero-order chi connectivity index (χ0) is 16.4. The summed E-state index contributed by atoms with van der Waals surface area (Å²) in [5.74, 6) is -3.41. The SMILES string of the molecule is CN(C(=O)c1ccc(O)c([N+](=O)[O-])c1)c1ccc(F)c(F)c1. The van der Waals surface area contributed by atoms with Crippen LogP contribution in [0.4, 0.5) is 20.2 Å². The van der Waals surface area contributed by atoms with E-state index < -0.39 is 33.9 Å². The van der Waals surface area contributed by atoms with Crippen LogP contribution in [0.5, 0.6) is 5.75 Å². The van der Waals surface area contributed by atoms with E-state index >= 15 is 0 Å². The third-order valence-electron chi connectivity index (χ3n) is 3.01. The van der Waals surface area contributed by atoms with Crippen molar-refractivity contribution in [3.05, 3.63) is 63.7 Å². The normalized spacial score (nSPS) is 10.3. The molecule has 0 atom stereocenters. The van der Waals surface area contributed by atoms with E-state index in [4.69, 9.17) is 0 Å². The number of anilines is 1. The van der Waals surface area contributed by atoms with Crippen LogP contribution in [0.2, 0.25) is 0 Å². The van der Waals surface area contributed by atoms with E-state index in [1.165, 1.54) is 19.2 Å². The molecule has 6 nitrogen and oxygen atoms in total. The average molecular weight is 308 g/mol. The Morgan fingerprint density at radius 3 is 2.45 bits per heavy atom. The smallest absolute Gasteiger partial charge is 0.311 e. The molecule has 2 rings (SSSR count). The molecule has 0 bridgehead atoms. The number of rotatable bonds is 3. The van der Waals surface area contributed by atoms with E-state index in [0.29, 0.717) is 0 Å². The Labute approximate surface area is 123 Å². The summed E-state index contributed by atoms with van der Waals surface area (Å²) in [5.41, 5.74) is -0.610. The predicted molar refractivity (Wildman–Crippen MR) is 73.9 cm³/mol. The highest BCUT2D eigenvalue weighted by Gasteiger charge is 2.20. The van der Waals surface area contributed by atoms with Gasteiger partial charge in [-0.3, -0.25) is 14.9 Å². The van der Waals surface area contributed by atoms with E-state index in [1.807, 2.05) is 0 Å². The Balaban J connectivity index is 2.36. The Kier molecular flexibility index (Phi) is 4.02. The minimum Gasteiger partial charge on any atom is -0.502 e. The number of phenols is 1. The number of carbonyl (C=O) groups excluding carboxylic acids is 1. The first-order valence-corrected chi connectivity index (χ1v) is 6.01. The van der Waals surface area contributed by atoms with Gasteiger partial charge in [0.1, 0.15) is 0 Å². The van der Waals surface area contributed by atoms with E-state index in [1.54, 1.807) is 0 Å². The first-order chi connectivity index (χ1) is 10.3. The Bertz CT molecular complexity index is 765. The number of carbonyl (C=O) groups is 1. The van der Waals surface area contributed by atoms with Crippen molar-refractivity contribution in [3.8, 4) is 5.75 Å². The highest BCUT2D eigenvalue weighted by atomic mass is 19.2. The van der Waals surface area contributed by atoms with Gasteiger partial charge in [-0.2, -0.15) is 0 Å². The third-order valence-corrected chi connectivity index (χ3v) is 3.01. The monoisotopic (exact) mass is 308 g/mol. The number of nitro groups is 1. The number of hydrogen-bond donors (Lipinski definition) is 1. The maximum Gasteiger partial charge on any atom is 0.311 e. The second kappa shape index (κ2) is 5.76. The minimum atomic E-state index is -1.12. The molecule has 0 heterocycles. The highest BCUT2D eigenvalue weighted by molar-refractivity contribution is 6.06. The third kappa shape index (κ3) is 2.85. The lowest BCUT2D eigenvalue weighted by atomic mass is 10.1. The highest BCUT2D eigenvalue weighted by Crippen LogP contribution is 2.27. The summed E-state index contributed by atoms with van der Waals surface area (Å²) in [6.45, 7) is 0. The van der Waals surface area contributed by atoms with Crippen LogP contribution in [-0.4, -0.2) is 23.0 Å². The van der Waals surface area contributed by atoms with Crippen LogP contribution in [0.15, 0.2) is 36.4 Å². The van der Waals surface area contributed by atoms with Crippen molar-refractivity contribution in [2.45, 2.75) is 0 Å². The fourth-order valence-electron chi connectivity index (χ4n) is 1.81. The zero-order valence-electron chi connectivity index (χ0n) is 11.3. The van der Waals surface area contributed by atoms with Crippen molar-refractivity contribution in [3.63, 3.8) is 0 Å². The first-order valence-electron chi connectivity index (χ1n) is 6.01. The van der Waals surface area contributed by atoms with Crippen molar-refractivity contribution < 1.29 is 23.6 Å². The number of phenolic OH excluding ortho intramolecular Hbond substituents is 1. The molecule has 0 saturated heterocycles. The van der Waals surface area contributed by atoms with Crippen LogP contribution in [0, 0.1) is 21.7 Å². The van der Waals surface area contributed by atoms with Gasteiger partial charge >= 0.3 is 5.69 Å². The number of amides is 1. The second-order valence-electron chi connectivity index (χ2n) is 4.42. The van der Waals surface area contributed by atoms with Gasteiger partial charge in [0.2, 0.25) is 0 Å². The number of halogens is 2. The molecule has 0 aliphatic heterocycles. The Hall–Kier alpha value is -3.03. The van der Waals surface area contributed by atoms with E-state index in [0.717, 1.165) is 29.2 Å². The average Bonchev–Trinajstić information content (AvgIpc) is 2.48. The molecule has 114 valence electrons. The summed E-state index contributed by atoms with van der Waals surface area (Å²) >= 11 is 0. The van der Waals surface area contributed by atoms with Crippen LogP contribution >= 0.6 is 0 Å². The number of benzene rings is 2. The molecule has 0 aliphatic rings. The maximum absolute atomic E-state index is 13.2. The van der Waals surface area contributed by atoms with Gasteiger partial charge in [0, 0.05) is 30.4 Å². The molecule has 0 aromatic heterocycles. The van der Waals surface area contributed by atoms with Crippen LogP contribution in [-0.2, 0) is 0 Å². The van der Waals surface area contributed by atoms with Gasteiger partial charge in [0.25, 0.3) is 5.91 Å². The molecular weight excluding hydrogens is 298 g/mol. The quantitative estimate of drug-likeness (QED) is 0.698. The minimum absolute atomic E-state index is 0.0725. The summed E-state index contributed by atoms with van der Waals surface area (Å²) in [4.78, 5) is 23.2. The molecule has 0 fully saturated rings. The second-order valence-corrected chi connectivity index (χ2v) is 4.42. The molecule has 8 heteroatoms. The maximum atomic E-state index is 13.2. The van der Waals surface area contributed by atoms with E-state index in [9.17, 15) is 28.8 Å². The molecule has 0 radical (unpaired) electrons. The van der Waals surface area contributed by atoms with Gasteiger partial charge < -0.3 is 10.0 Å². The van der Waals surface area contributed by atoms with Crippen molar-refractivity contribution >= 4 is 17.3 Å². The Morgan fingerprint density at radius 2 is 1.86 bits per heavy atom. The fourth-order valence-corrected chi connectivity index (χ4v) is 1.81. The lowest BCUT2D eigenvalue weighted by Gasteiger charge is -2.17. The van der Waals surface area contributed by atoms with Crippen LogP contribution in [0.1, 0.15) is 10.4 Å². The summed E-state index contributed by atoms with van der Waals surface area (Å²) in [6.07, 6.45) is 0. The molecule has 1 N–H and O–H groups in total. The molecule has 2 aromatic rings.